The van der Waals surface area contributed by atoms with Gasteiger partial charge in [-0.15, -0.1) is 0 Å². The predicted molar refractivity (Wildman–Crippen MR) is 104 cm³/mol. The summed E-state index contributed by atoms with van der Waals surface area (Å²) < 4.78 is 5.65. The van der Waals surface area contributed by atoms with Crippen LogP contribution >= 0.6 is 0 Å². The molecular formula is C21H22N4O2. The number of ether oxygens (including phenoxy) is 1. The van der Waals surface area contributed by atoms with Crippen LogP contribution < -0.4 is 10.1 Å². The molecule has 138 valence electrons. The maximum Gasteiger partial charge on any atom is 0.258 e. The van der Waals surface area contributed by atoms with E-state index in [2.05, 4.69) is 26.3 Å². The Morgan fingerprint density at radius 2 is 2.07 bits per heavy atom. The van der Waals surface area contributed by atoms with Crippen LogP contribution in [0.2, 0.25) is 0 Å². The average molecular weight is 362 g/mol. The number of nitrogens with zero attached hydrogens (tertiary/aromatic N) is 2. The Labute approximate surface area is 158 Å². The van der Waals surface area contributed by atoms with E-state index in [0.717, 1.165) is 42.6 Å². The molecule has 0 aliphatic heterocycles. The molecule has 6 nitrogen and oxygen atoms in total. The molecule has 0 aromatic carbocycles. The third kappa shape index (κ3) is 3.43. The van der Waals surface area contributed by atoms with Crippen molar-refractivity contribution in [2.24, 2.45) is 0 Å². The molecule has 4 rings (SSSR count). The van der Waals surface area contributed by atoms with Crippen molar-refractivity contribution in [1.29, 1.82) is 0 Å². The SMILES string of the molecule is CCCOc1ncccc1NC(=O)c1c[nH]c2c1-c1ncccc1CCC2. The van der Waals surface area contributed by atoms with Gasteiger partial charge in [-0.2, -0.15) is 0 Å². The maximum atomic E-state index is 13.1. The lowest BCUT2D eigenvalue weighted by Gasteiger charge is -2.12. The van der Waals surface area contributed by atoms with Gasteiger partial charge in [0.2, 0.25) is 5.88 Å². The second-order valence-electron chi connectivity index (χ2n) is 6.58. The van der Waals surface area contributed by atoms with E-state index in [-0.39, 0.29) is 5.91 Å². The molecule has 0 radical (unpaired) electrons. The number of hydrogen-bond donors (Lipinski definition) is 2. The van der Waals surface area contributed by atoms with E-state index in [9.17, 15) is 4.79 Å². The number of anilines is 1. The minimum Gasteiger partial charge on any atom is -0.476 e. The van der Waals surface area contributed by atoms with E-state index < -0.39 is 0 Å². The molecule has 0 spiro atoms. The fraction of sp³-hybridized carbons (Fsp3) is 0.286. The molecule has 3 aromatic rings. The summed E-state index contributed by atoms with van der Waals surface area (Å²) in [6.07, 6.45) is 8.97. The van der Waals surface area contributed by atoms with Crippen LogP contribution in [0.5, 0.6) is 5.88 Å². The highest BCUT2D eigenvalue weighted by Gasteiger charge is 2.24. The Balaban J connectivity index is 1.67. The van der Waals surface area contributed by atoms with E-state index in [4.69, 9.17) is 4.74 Å². The van der Waals surface area contributed by atoms with Gasteiger partial charge in [0, 0.05) is 29.8 Å². The van der Waals surface area contributed by atoms with Gasteiger partial charge in [0.15, 0.2) is 0 Å². The molecule has 1 aliphatic carbocycles. The summed E-state index contributed by atoms with van der Waals surface area (Å²) in [5.41, 5.74) is 5.20. The lowest BCUT2D eigenvalue weighted by atomic mass is 10.0. The predicted octanol–water partition coefficient (Wildman–Crippen LogP) is 4.00. The van der Waals surface area contributed by atoms with E-state index in [1.54, 1.807) is 30.7 Å². The largest absolute Gasteiger partial charge is 0.476 e. The zero-order valence-electron chi connectivity index (χ0n) is 15.3. The summed E-state index contributed by atoms with van der Waals surface area (Å²) in [6, 6.07) is 7.61. The van der Waals surface area contributed by atoms with Crippen molar-refractivity contribution in [2.45, 2.75) is 32.6 Å². The standard InChI is InChI=1S/C21H22N4O2/c1-2-12-27-21-17(9-5-11-23-21)25-20(26)15-13-24-16-8-3-6-14-7-4-10-22-19(14)18(15)16/h4-5,7,9-11,13,24H,2-3,6,8,12H2,1H3,(H,25,26). The van der Waals surface area contributed by atoms with Crippen LogP contribution in [-0.4, -0.2) is 27.5 Å². The van der Waals surface area contributed by atoms with Crippen LogP contribution in [0.25, 0.3) is 11.3 Å². The van der Waals surface area contributed by atoms with Crippen molar-refractivity contribution in [2.75, 3.05) is 11.9 Å². The number of aryl methyl sites for hydroxylation is 2. The minimum absolute atomic E-state index is 0.194. The molecule has 1 amide bonds. The third-order valence-corrected chi connectivity index (χ3v) is 4.67. The van der Waals surface area contributed by atoms with Crippen molar-refractivity contribution < 1.29 is 9.53 Å². The van der Waals surface area contributed by atoms with E-state index >= 15 is 0 Å². The second-order valence-corrected chi connectivity index (χ2v) is 6.58. The number of hydrogen-bond acceptors (Lipinski definition) is 4. The van der Waals surface area contributed by atoms with Gasteiger partial charge in [-0.25, -0.2) is 4.98 Å². The highest BCUT2D eigenvalue weighted by Crippen LogP contribution is 2.34. The molecule has 3 heterocycles. The van der Waals surface area contributed by atoms with Crippen LogP contribution in [0.1, 0.15) is 41.4 Å². The summed E-state index contributed by atoms with van der Waals surface area (Å²) in [7, 11) is 0. The number of fused-ring (bicyclic) bond motifs is 3. The molecule has 2 N–H and O–H groups in total. The number of pyridine rings is 2. The molecule has 27 heavy (non-hydrogen) atoms. The first-order chi connectivity index (χ1) is 13.3. The van der Waals surface area contributed by atoms with Gasteiger partial charge >= 0.3 is 0 Å². The van der Waals surface area contributed by atoms with Gasteiger partial charge in [0.05, 0.1) is 17.9 Å². The smallest absolute Gasteiger partial charge is 0.258 e. The summed E-state index contributed by atoms with van der Waals surface area (Å²) in [5.74, 6) is 0.244. The first kappa shape index (κ1) is 17.3. The number of rotatable bonds is 5. The molecule has 3 aromatic heterocycles. The molecule has 0 unspecified atom stereocenters. The Hall–Kier alpha value is -3.15. The average Bonchev–Trinajstić information content (AvgIpc) is 3.03. The van der Waals surface area contributed by atoms with Gasteiger partial charge in [-0.1, -0.05) is 13.0 Å². The lowest BCUT2D eigenvalue weighted by Crippen LogP contribution is -2.14. The van der Waals surface area contributed by atoms with Crippen molar-refractivity contribution >= 4 is 11.6 Å². The minimum atomic E-state index is -0.194. The normalized spacial score (nSPS) is 12.6. The monoisotopic (exact) mass is 362 g/mol. The van der Waals surface area contributed by atoms with Crippen molar-refractivity contribution in [3.63, 3.8) is 0 Å². The summed E-state index contributed by atoms with van der Waals surface area (Å²) in [6.45, 7) is 2.58. The number of carbonyl (C=O) groups excluding carboxylic acids is 1. The van der Waals surface area contributed by atoms with E-state index in [0.29, 0.717) is 23.7 Å². The zero-order chi connectivity index (χ0) is 18.6. The van der Waals surface area contributed by atoms with Crippen molar-refractivity contribution in [1.82, 2.24) is 15.0 Å². The Morgan fingerprint density at radius 3 is 2.96 bits per heavy atom. The van der Waals surface area contributed by atoms with Crippen LogP contribution in [-0.2, 0) is 12.8 Å². The fourth-order valence-electron chi connectivity index (χ4n) is 3.42. The Kier molecular flexibility index (Phi) is 4.87. The van der Waals surface area contributed by atoms with Gasteiger partial charge in [0.25, 0.3) is 5.91 Å². The highest BCUT2D eigenvalue weighted by atomic mass is 16.5. The summed E-state index contributed by atoms with van der Waals surface area (Å²) in [4.78, 5) is 25.1. The third-order valence-electron chi connectivity index (χ3n) is 4.67. The number of aromatic amines is 1. The number of nitrogens with one attached hydrogen (secondary N) is 2. The number of aromatic nitrogens is 3. The molecule has 1 aliphatic rings. The highest BCUT2D eigenvalue weighted by molar-refractivity contribution is 6.09. The Bertz CT molecular complexity index is 964. The summed E-state index contributed by atoms with van der Waals surface area (Å²) in [5, 5.41) is 2.95. The Morgan fingerprint density at radius 1 is 1.22 bits per heavy atom. The number of H-pyrrole nitrogens is 1. The van der Waals surface area contributed by atoms with Crippen LogP contribution in [0.3, 0.4) is 0 Å². The maximum absolute atomic E-state index is 13.1. The van der Waals surface area contributed by atoms with Crippen molar-refractivity contribution in [3.8, 4) is 17.1 Å². The van der Waals surface area contributed by atoms with E-state index in [1.165, 1.54) is 5.56 Å². The van der Waals surface area contributed by atoms with Crippen LogP contribution in [0.4, 0.5) is 5.69 Å². The topological polar surface area (TPSA) is 79.9 Å². The number of carbonyl (C=O) groups is 1. The van der Waals surface area contributed by atoms with Gasteiger partial charge in [-0.3, -0.25) is 9.78 Å². The molecule has 0 saturated heterocycles. The van der Waals surface area contributed by atoms with Gasteiger partial charge < -0.3 is 15.0 Å². The van der Waals surface area contributed by atoms with Gasteiger partial charge in [-0.05, 0) is 49.4 Å². The van der Waals surface area contributed by atoms with Crippen molar-refractivity contribution in [3.05, 3.63) is 59.7 Å². The molecule has 0 bridgehead atoms. The van der Waals surface area contributed by atoms with Gasteiger partial charge in [0.1, 0.15) is 5.69 Å². The van der Waals surface area contributed by atoms with Crippen LogP contribution in [0.15, 0.2) is 42.9 Å². The van der Waals surface area contributed by atoms with Crippen LogP contribution in [0, 0.1) is 0 Å². The lowest BCUT2D eigenvalue weighted by molar-refractivity contribution is 0.102. The molecule has 6 heteroatoms. The zero-order valence-corrected chi connectivity index (χ0v) is 15.3. The molecule has 0 saturated carbocycles. The quantitative estimate of drug-likeness (QED) is 0.719. The summed E-state index contributed by atoms with van der Waals surface area (Å²) >= 11 is 0. The first-order valence-electron chi connectivity index (χ1n) is 9.31. The molecule has 0 fully saturated rings. The molecule has 0 atom stereocenters. The van der Waals surface area contributed by atoms with E-state index in [1.807, 2.05) is 13.0 Å². The first-order valence-corrected chi connectivity index (χ1v) is 9.31. The molecular weight excluding hydrogens is 340 g/mol. The number of amides is 1. The second kappa shape index (κ2) is 7.61. The fourth-order valence-corrected chi connectivity index (χ4v) is 3.42.